The second-order valence-electron chi connectivity index (χ2n) is 5.62. The molecule has 3 rings (SSSR count). The van der Waals surface area contributed by atoms with Crippen molar-refractivity contribution in [3.05, 3.63) is 70.1 Å². The van der Waals surface area contributed by atoms with Gasteiger partial charge in [-0.25, -0.2) is 4.98 Å². The fourth-order valence-electron chi connectivity index (χ4n) is 2.30. The summed E-state index contributed by atoms with van der Waals surface area (Å²) in [4.78, 5) is 15.6. The largest absolute Gasteiger partial charge is 0.360 e. The van der Waals surface area contributed by atoms with Crippen LogP contribution in [0.15, 0.2) is 60.1 Å². The smallest absolute Gasteiger partial charge is 0.221 e. The lowest BCUT2D eigenvalue weighted by atomic mass is 10.2. The van der Waals surface area contributed by atoms with Crippen LogP contribution in [-0.4, -0.2) is 10.9 Å². The van der Waals surface area contributed by atoms with Crippen molar-refractivity contribution >= 4 is 45.8 Å². The molecule has 0 radical (unpaired) electrons. The minimum Gasteiger partial charge on any atom is -0.360 e. The van der Waals surface area contributed by atoms with Crippen molar-refractivity contribution in [2.75, 3.05) is 10.6 Å². The lowest BCUT2D eigenvalue weighted by molar-refractivity contribution is -0.114. The van der Waals surface area contributed by atoms with Crippen molar-refractivity contribution in [3.63, 3.8) is 0 Å². The Kier molecular flexibility index (Phi) is 5.87. The van der Waals surface area contributed by atoms with Crippen LogP contribution in [0.1, 0.15) is 11.9 Å². The molecular formula is C20H15ClN4OS. The molecule has 0 saturated carbocycles. The van der Waals surface area contributed by atoms with Crippen molar-refractivity contribution in [1.82, 2.24) is 4.98 Å². The lowest BCUT2D eigenvalue weighted by Crippen LogP contribution is -2.05. The summed E-state index contributed by atoms with van der Waals surface area (Å²) in [5.41, 5.74) is 3.69. The summed E-state index contributed by atoms with van der Waals surface area (Å²) in [6.07, 6.45) is 1.62. The molecule has 0 aliphatic heterocycles. The van der Waals surface area contributed by atoms with E-state index in [2.05, 4.69) is 21.7 Å². The number of carbonyl (C=O) groups excluding carboxylic acids is 1. The van der Waals surface area contributed by atoms with Gasteiger partial charge in [0.25, 0.3) is 0 Å². The molecule has 27 heavy (non-hydrogen) atoms. The van der Waals surface area contributed by atoms with Gasteiger partial charge in [-0.05, 0) is 36.4 Å². The number of nitrogens with one attached hydrogen (secondary N) is 2. The average molecular weight is 395 g/mol. The van der Waals surface area contributed by atoms with Crippen LogP contribution in [0.4, 0.5) is 11.4 Å². The Morgan fingerprint density at radius 3 is 2.44 bits per heavy atom. The third-order valence-corrected chi connectivity index (χ3v) is 4.71. The van der Waals surface area contributed by atoms with Gasteiger partial charge in [-0.3, -0.25) is 4.79 Å². The monoisotopic (exact) mass is 394 g/mol. The molecule has 7 heteroatoms. The lowest BCUT2D eigenvalue weighted by Gasteiger charge is -2.04. The number of anilines is 2. The molecular weight excluding hydrogens is 380 g/mol. The van der Waals surface area contributed by atoms with Gasteiger partial charge in [0.15, 0.2) is 0 Å². The van der Waals surface area contributed by atoms with Crippen molar-refractivity contribution in [2.45, 2.75) is 6.92 Å². The number of hydrogen-bond donors (Lipinski definition) is 2. The Morgan fingerprint density at radius 1 is 1.15 bits per heavy atom. The van der Waals surface area contributed by atoms with Crippen molar-refractivity contribution in [3.8, 4) is 17.3 Å². The summed E-state index contributed by atoms with van der Waals surface area (Å²) in [5, 5.41) is 18.5. The van der Waals surface area contributed by atoms with Crippen LogP contribution in [0.2, 0.25) is 5.02 Å². The highest BCUT2D eigenvalue weighted by Crippen LogP contribution is 2.27. The summed E-state index contributed by atoms with van der Waals surface area (Å²) < 4.78 is 0. The van der Waals surface area contributed by atoms with E-state index < -0.39 is 0 Å². The van der Waals surface area contributed by atoms with Crippen molar-refractivity contribution in [1.29, 1.82) is 5.26 Å². The Bertz CT molecular complexity index is 1020. The number of halogens is 1. The zero-order valence-electron chi connectivity index (χ0n) is 14.4. The Morgan fingerprint density at radius 2 is 1.81 bits per heavy atom. The fraction of sp³-hybridized carbons (Fsp3) is 0.0500. The first-order valence-corrected chi connectivity index (χ1v) is 9.27. The number of carbonyl (C=O) groups is 1. The fourth-order valence-corrected chi connectivity index (χ4v) is 3.22. The van der Waals surface area contributed by atoms with Gasteiger partial charge >= 0.3 is 0 Å². The van der Waals surface area contributed by atoms with E-state index in [1.54, 1.807) is 18.3 Å². The molecule has 1 amide bonds. The Balaban J connectivity index is 1.74. The maximum Gasteiger partial charge on any atom is 0.221 e. The predicted molar refractivity (Wildman–Crippen MR) is 111 cm³/mol. The van der Waals surface area contributed by atoms with E-state index in [1.807, 2.05) is 41.8 Å². The van der Waals surface area contributed by atoms with E-state index >= 15 is 0 Å². The highest BCUT2D eigenvalue weighted by molar-refractivity contribution is 7.11. The molecule has 0 bridgehead atoms. The van der Waals surface area contributed by atoms with Gasteiger partial charge in [0, 0.05) is 40.5 Å². The molecule has 0 unspecified atom stereocenters. The first-order chi connectivity index (χ1) is 13.0. The number of hydrogen-bond acceptors (Lipinski definition) is 5. The summed E-state index contributed by atoms with van der Waals surface area (Å²) >= 11 is 7.32. The summed E-state index contributed by atoms with van der Waals surface area (Å²) in [6.45, 7) is 1.46. The average Bonchev–Trinajstić information content (AvgIpc) is 3.14. The van der Waals surface area contributed by atoms with E-state index in [4.69, 9.17) is 11.6 Å². The molecule has 0 spiro atoms. The quantitative estimate of drug-likeness (QED) is 0.568. The van der Waals surface area contributed by atoms with Crippen LogP contribution in [-0.2, 0) is 4.79 Å². The molecule has 2 N–H and O–H groups in total. The van der Waals surface area contributed by atoms with E-state index in [-0.39, 0.29) is 5.91 Å². The number of thiazole rings is 1. The first-order valence-electron chi connectivity index (χ1n) is 8.01. The molecule has 0 fully saturated rings. The molecule has 0 atom stereocenters. The van der Waals surface area contributed by atoms with E-state index in [1.165, 1.54) is 18.3 Å². The van der Waals surface area contributed by atoms with Gasteiger partial charge in [0.2, 0.25) is 5.91 Å². The second kappa shape index (κ2) is 8.49. The molecule has 0 aliphatic rings. The number of nitrogens with zero attached hydrogens (tertiary/aromatic N) is 2. The van der Waals surface area contributed by atoms with Crippen LogP contribution < -0.4 is 10.6 Å². The zero-order valence-corrected chi connectivity index (χ0v) is 15.9. The molecule has 3 aromatic rings. The second-order valence-corrected chi connectivity index (χ2v) is 6.91. The van der Waals surface area contributed by atoms with Crippen LogP contribution in [0.3, 0.4) is 0 Å². The topological polar surface area (TPSA) is 77.8 Å². The number of rotatable bonds is 5. The van der Waals surface area contributed by atoms with E-state index in [9.17, 15) is 10.1 Å². The standard InChI is InChI=1S/C20H15ClN4OS/c1-13(26)24-18-8-6-17(7-9-18)23-11-15(10-22)20-25-19(12-27-20)14-2-4-16(21)5-3-14/h2-9,11-12,23H,1H3,(H,24,26)/b15-11-. The number of amides is 1. The third-order valence-electron chi connectivity index (χ3n) is 3.58. The molecule has 2 aromatic carbocycles. The number of allylic oxidation sites excluding steroid dienone is 1. The predicted octanol–water partition coefficient (Wildman–Crippen LogP) is 5.40. The van der Waals surface area contributed by atoms with Crippen LogP contribution in [0.25, 0.3) is 16.8 Å². The van der Waals surface area contributed by atoms with Crippen LogP contribution in [0, 0.1) is 11.3 Å². The van der Waals surface area contributed by atoms with Crippen LogP contribution in [0.5, 0.6) is 0 Å². The SMILES string of the molecule is CC(=O)Nc1ccc(N/C=C(/C#N)c2nc(-c3ccc(Cl)cc3)cs2)cc1. The number of aromatic nitrogens is 1. The van der Waals surface area contributed by atoms with Crippen molar-refractivity contribution < 1.29 is 4.79 Å². The molecule has 0 saturated heterocycles. The summed E-state index contributed by atoms with van der Waals surface area (Å²) in [7, 11) is 0. The van der Waals surface area contributed by atoms with Crippen LogP contribution >= 0.6 is 22.9 Å². The van der Waals surface area contributed by atoms with Crippen molar-refractivity contribution in [2.24, 2.45) is 0 Å². The highest BCUT2D eigenvalue weighted by Gasteiger charge is 2.09. The van der Waals surface area contributed by atoms with Gasteiger partial charge in [-0.15, -0.1) is 11.3 Å². The molecule has 1 heterocycles. The Hall–Kier alpha value is -3.14. The van der Waals surface area contributed by atoms with E-state index in [0.29, 0.717) is 21.3 Å². The minimum absolute atomic E-state index is 0.123. The summed E-state index contributed by atoms with van der Waals surface area (Å²) in [5.74, 6) is -0.123. The number of benzene rings is 2. The molecule has 0 aliphatic carbocycles. The van der Waals surface area contributed by atoms with Gasteiger partial charge in [-0.2, -0.15) is 5.26 Å². The minimum atomic E-state index is -0.123. The van der Waals surface area contributed by atoms with Gasteiger partial charge < -0.3 is 10.6 Å². The molecule has 1 aromatic heterocycles. The highest BCUT2D eigenvalue weighted by atomic mass is 35.5. The third kappa shape index (κ3) is 4.94. The van der Waals surface area contributed by atoms with Gasteiger partial charge in [0.1, 0.15) is 16.6 Å². The van der Waals surface area contributed by atoms with E-state index in [0.717, 1.165) is 16.9 Å². The maximum atomic E-state index is 11.0. The number of nitriles is 1. The first kappa shape index (κ1) is 18.6. The summed E-state index contributed by atoms with van der Waals surface area (Å²) in [6, 6.07) is 16.8. The molecule has 134 valence electrons. The van der Waals surface area contributed by atoms with Gasteiger partial charge in [0.05, 0.1) is 5.69 Å². The van der Waals surface area contributed by atoms with Gasteiger partial charge in [-0.1, -0.05) is 23.7 Å². The Labute approximate surface area is 165 Å². The normalized spacial score (nSPS) is 10.9. The zero-order chi connectivity index (χ0) is 19.2. The molecule has 5 nitrogen and oxygen atoms in total. The maximum absolute atomic E-state index is 11.0.